The standard InChI is InChI=1S/C21H21N3O3/c25-20-17-7-4-3-6-16(17)19(22-23-20)14-9-11-15(12-10-14)24-13-5-1-2-8-18(24)21(26)27/h3-4,6-7,9-12,18H,1-2,5,8,13H2,(H,23,25)(H,26,27). The van der Waals surface area contributed by atoms with Gasteiger partial charge < -0.3 is 10.0 Å². The van der Waals surface area contributed by atoms with E-state index in [9.17, 15) is 14.7 Å². The third kappa shape index (κ3) is 3.30. The van der Waals surface area contributed by atoms with Gasteiger partial charge in [-0.2, -0.15) is 5.10 Å². The molecular weight excluding hydrogens is 342 g/mol. The molecule has 1 saturated heterocycles. The van der Waals surface area contributed by atoms with Gasteiger partial charge in [-0.15, -0.1) is 0 Å². The van der Waals surface area contributed by atoms with E-state index in [1.54, 1.807) is 6.07 Å². The second-order valence-corrected chi connectivity index (χ2v) is 6.89. The summed E-state index contributed by atoms with van der Waals surface area (Å²) in [6.45, 7) is 0.746. The van der Waals surface area contributed by atoms with E-state index in [1.807, 2.05) is 47.4 Å². The smallest absolute Gasteiger partial charge is 0.326 e. The summed E-state index contributed by atoms with van der Waals surface area (Å²) in [4.78, 5) is 25.6. The SMILES string of the molecule is O=C(O)C1CCCCCN1c1ccc(-c2n[nH]c(=O)c3ccccc23)cc1. The molecule has 4 rings (SSSR count). The monoisotopic (exact) mass is 363 g/mol. The van der Waals surface area contributed by atoms with Gasteiger partial charge >= 0.3 is 5.97 Å². The Labute approximate surface area is 156 Å². The Morgan fingerprint density at radius 2 is 1.78 bits per heavy atom. The maximum atomic E-state index is 12.0. The number of aromatic nitrogens is 2. The molecule has 6 nitrogen and oxygen atoms in total. The normalized spacial score (nSPS) is 17.6. The Morgan fingerprint density at radius 3 is 2.52 bits per heavy atom. The highest BCUT2D eigenvalue weighted by atomic mass is 16.4. The van der Waals surface area contributed by atoms with Gasteiger partial charge in [0.2, 0.25) is 0 Å². The van der Waals surface area contributed by atoms with Crippen molar-refractivity contribution in [2.24, 2.45) is 0 Å². The quantitative estimate of drug-likeness (QED) is 0.745. The number of aromatic amines is 1. The number of hydrogen-bond donors (Lipinski definition) is 2. The zero-order valence-corrected chi connectivity index (χ0v) is 14.9. The van der Waals surface area contributed by atoms with Gasteiger partial charge in [-0.1, -0.05) is 43.2 Å². The van der Waals surface area contributed by atoms with E-state index in [0.29, 0.717) is 17.5 Å². The Hall–Kier alpha value is -3.15. The molecule has 27 heavy (non-hydrogen) atoms. The van der Waals surface area contributed by atoms with Crippen LogP contribution in [0.1, 0.15) is 25.7 Å². The highest BCUT2D eigenvalue weighted by molar-refractivity contribution is 5.93. The maximum absolute atomic E-state index is 12.0. The van der Waals surface area contributed by atoms with Crippen molar-refractivity contribution in [1.82, 2.24) is 10.2 Å². The van der Waals surface area contributed by atoms with Gasteiger partial charge in [-0.05, 0) is 31.0 Å². The number of benzene rings is 2. The number of hydrogen-bond acceptors (Lipinski definition) is 4. The van der Waals surface area contributed by atoms with Gasteiger partial charge in [-0.25, -0.2) is 9.89 Å². The van der Waals surface area contributed by atoms with E-state index < -0.39 is 12.0 Å². The first-order chi connectivity index (χ1) is 13.1. The van der Waals surface area contributed by atoms with Crippen molar-refractivity contribution >= 4 is 22.4 Å². The van der Waals surface area contributed by atoms with Crippen LogP contribution in [0.3, 0.4) is 0 Å². The first-order valence-electron chi connectivity index (χ1n) is 9.22. The van der Waals surface area contributed by atoms with Crippen molar-refractivity contribution in [3.05, 3.63) is 58.9 Å². The number of rotatable bonds is 3. The van der Waals surface area contributed by atoms with Crippen molar-refractivity contribution in [2.45, 2.75) is 31.7 Å². The van der Waals surface area contributed by atoms with E-state index in [2.05, 4.69) is 10.2 Å². The molecule has 2 N–H and O–H groups in total. The second kappa shape index (κ2) is 7.23. The number of carboxylic acid groups (broad SMARTS) is 1. The van der Waals surface area contributed by atoms with Crippen molar-refractivity contribution in [1.29, 1.82) is 0 Å². The van der Waals surface area contributed by atoms with Crippen LogP contribution in [-0.2, 0) is 4.79 Å². The molecule has 2 aromatic carbocycles. The lowest BCUT2D eigenvalue weighted by Gasteiger charge is -2.29. The van der Waals surface area contributed by atoms with E-state index in [-0.39, 0.29) is 5.56 Å². The molecule has 0 radical (unpaired) electrons. The van der Waals surface area contributed by atoms with Gasteiger partial charge in [0.1, 0.15) is 6.04 Å². The lowest BCUT2D eigenvalue weighted by atomic mass is 10.0. The summed E-state index contributed by atoms with van der Waals surface area (Å²) in [5, 5.41) is 17.8. The average Bonchev–Trinajstić information content (AvgIpc) is 2.95. The molecule has 1 aliphatic heterocycles. The van der Waals surface area contributed by atoms with Crippen molar-refractivity contribution < 1.29 is 9.90 Å². The van der Waals surface area contributed by atoms with Gasteiger partial charge in [-0.3, -0.25) is 4.79 Å². The fourth-order valence-electron chi connectivity index (χ4n) is 3.82. The molecule has 0 aliphatic carbocycles. The van der Waals surface area contributed by atoms with Gasteiger partial charge in [0, 0.05) is 23.2 Å². The Morgan fingerprint density at radius 1 is 1.04 bits per heavy atom. The highest BCUT2D eigenvalue weighted by Crippen LogP contribution is 2.29. The minimum Gasteiger partial charge on any atom is -0.480 e. The van der Waals surface area contributed by atoms with Crippen molar-refractivity contribution in [3.8, 4) is 11.3 Å². The molecule has 1 aliphatic rings. The van der Waals surface area contributed by atoms with Crippen LogP contribution >= 0.6 is 0 Å². The molecule has 0 saturated carbocycles. The number of carbonyl (C=O) groups is 1. The van der Waals surface area contributed by atoms with Crippen LogP contribution in [0.2, 0.25) is 0 Å². The van der Waals surface area contributed by atoms with Crippen LogP contribution in [0.4, 0.5) is 5.69 Å². The van der Waals surface area contributed by atoms with E-state index in [0.717, 1.165) is 42.4 Å². The average molecular weight is 363 g/mol. The molecule has 0 amide bonds. The predicted octanol–water partition coefficient (Wildman–Crippen LogP) is 3.42. The molecule has 1 unspecified atom stereocenters. The molecule has 0 spiro atoms. The molecule has 2 heterocycles. The number of nitrogens with one attached hydrogen (secondary N) is 1. The molecule has 0 bridgehead atoms. The summed E-state index contributed by atoms with van der Waals surface area (Å²) in [5.74, 6) is -0.769. The number of carboxylic acids is 1. The van der Waals surface area contributed by atoms with Gasteiger partial charge in [0.25, 0.3) is 5.56 Å². The zero-order chi connectivity index (χ0) is 18.8. The molecule has 1 fully saturated rings. The Bertz CT molecular complexity index is 1030. The fourth-order valence-corrected chi connectivity index (χ4v) is 3.82. The van der Waals surface area contributed by atoms with E-state index >= 15 is 0 Å². The number of aliphatic carboxylic acids is 1. The molecule has 3 aromatic rings. The first kappa shape index (κ1) is 17.3. The lowest BCUT2D eigenvalue weighted by Crippen LogP contribution is -2.40. The van der Waals surface area contributed by atoms with Crippen LogP contribution < -0.4 is 10.5 Å². The number of anilines is 1. The summed E-state index contributed by atoms with van der Waals surface area (Å²) >= 11 is 0. The number of H-pyrrole nitrogens is 1. The molecule has 138 valence electrons. The Balaban J connectivity index is 1.71. The van der Waals surface area contributed by atoms with Gasteiger partial charge in [0.15, 0.2) is 0 Å². The fraction of sp³-hybridized carbons (Fsp3) is 0.286. The third-order valence-electron chi connectivity index (χ3n) is 5.21. The van der Waals surface area contributed by atoms with Crippen LogP contribution in [0, 0.1) is 0 Å². The van der Waals surface area contributed by atoms with Crippen molar-refractivity contribution in [2.75, 3.05) is 11.4 Å². The molecule has 1 atom stereocenters. The number of nitrogens with zero attached hydrogens (tertiary/aromatic N) is 2. The first-order valence-corrected chi connectivity index (χ1v) is 9.22. The topological polar surface area (TPSA) is 86.3 Å². The van der Waals surface area contributed by atoms with Crippen LogP contribution in [0.15, 0.2) is 53.3 Å². The summed E-state index contributed by atoms with van der Waals surface area (Å²) in [5.41, 5.74) is 2.29. The van der Waals surface area contributed by atoms with Crippen LogP contribution in [-0.4, -0.2) is 33.9 Å². The summed E-state index contributed by atoms with van der Waals surface area (Å²) in [6, 6.07) is 14.7. The highest BCUT2D eigenvalue weighted by Gasteiger charge is 2.27. The molecule has 1 aromatic heterocycles. The minimum atomic E-state index is -0.769. The lowest BCUT2D eigenvalue weighted by molar-refractivity contribution is -0.138. The molecular formula is C21H21N3O3. The van der Waals surface area contributed by atoms with E-state index in [4.69, 9.17) is 0 Å². The maximum Gasteiger partial charge on any atom is 0.326 e. The van der Waals surface area contributed by atoms with E-state index in [1.165, 1.54) is 0 Å². The number of fused-ring (bicyclic) bond motifs is 1. The van der Waals surface area contributed by atoms with Gasteiger partial charge in [0.05, 0.1) is 11.1 Å². The molecule has 6 heteroatoms. The third-order valence-corrected chi connectivity index (χ3v) is 5.21. The summed E-state index contributed by atoms with van der Waals surface area (Å²) < 4.78 is 0. The minimum absolute atomic E-state index is 0.208. The predicted molar refractivity (Wildman–Crippen MR) is 105 cm³/mol. The van der Waals surface area contributed by atoms with Crippen LogP contribution in [0.5, 0.6) is 0 Å². The summed E-state index contributed by atoms with van der Waals surface area (Å²) in [6.07, 6.45) is 3.67. The van der Waals surface area contributed by atoms with Crippen molar-refractivity contribution in [3.63, 3.8) is 0 Å². The Kier molecular flexibility index (Phi) is 4.62. The second-order valence-electron chi connectivity index (χ2n) is 6.89. The largest absolute Gasteiger partial charge is 0.480 e. The van der Waals surface area contributed by atoms with Crippen LogP contribution in [0.25, 0.3) is 22.0 Å². The zero-order valence-electron chi connectivity index (χ0n) is 14.9. The summed E-state index contributed by atoms with van der Waals surface area (Å²) in [7, 11) is 0.